The second-order valence-corrected chi connectivity index (χ2v) is 5.16. The van der Waals surface area contributed by atoms with Crippen molar-refractivity contribution in [2.75, 3.05) is 7.11 Å². The number of hydrogen-bond acceptors (Lipinski definition) is 4. The number of carbonyl (C=O) groups is 2. The van der Waals surface area contributed by atoms with E-state index < -0.39 is 0 Å². The van der Waals surface area contributed by atoms with Gasteiger partial charge in [-0.05, 0) is 49.7 Å². The van der Waals surface area contributed by atoms with Gasteiger partial charge in [-0.1, -0.05) is 0 Å². The molecule has 5 heteroatoms. The molecule has 1 aromatic heterocycles. The van der Waals surface area contributed by atoms with Crippen LogP contribution in [0.2, 0.25) is 0 Å². The smallest absolute Gasteiger partial charge is 0.251 e. The monoisotopic (exact) mass is 301 g/mol. The van der Waals surface area contributed by atoms with Crippen LogP contribution in [0.25, 0.3) is 0 Å². The summed E-state index contributed by atoms with van der Waals surface area (Å²) in [5.74, 6) is 0.668. The number of nitrogens with one attached hydrogen (secondary N) is 1. The molecule has 116 valence electrons. The number of methoxy groups -OCH3 is 1. The molecule has 1 atom stereocenters. The lowest BCUT2D eigenvalue weighted by Crippen LogP contribution is -2.34. The Hall–Kier alpha value is -2.56. The lowest BCUT2D eigenvalue weighted by molar-refractivity contribution is 0.0907. The van der Waals surface area contributed by atoms with E-state index in [0.29, 0.717) is 17.1 Å². The van der Waals surface area contributed by atoms with E-state index in [0.717, 1.165) is 5.56 Å². The van der Waals surface area contributed by atoms with Crippen LogP contribution in [-0.2, 0) is 0 Å². The predicted molar refractivity (Wildman–Crippen MR) is 82.3 cm³/mol. The molecule has 0 saturated heterocycles. The van der Waals surface area contributed by atoms with Gasteiger partial charge < -0.3 is 14.5 Å². The molecular weight excluding hydrogens is 282 g/mol. The summed E-state index contributed by atoms with van der Waals surface area (Å²) in [5.41, 5.74) is 1.39. The van der Waals surface area contributed by atoms with Crippen molar-refractivity contribution >= 4 is 11.7 Å². The van der Waals surface area contributed by atoms with E-state index in [1.807, 2.05) is 6.92 Å². The summed E-state index contributed by atoms with van der Waals surface area (Å²) in [5, 5.41) is 2.83. The molecule has 0 bridgehead atoms. The van der Waals surface area contributed by atoms with Crippen LogP contribution in [0.3, 0.4) is 0 Å². The van der Waals surface area contributed by atoms with Gasteiger partial charge in [0, 0.05) is 18.0 Å². The number of ketones is 1. The van der Waals surface area contributed by atoms with Crippen LogP contribution < -0.4 is 10.1 Å². The normalized spacial score (nSPS) is 11.8. The van der Waals surface area contributed by atoms with Crippen molar-refractivity contribution in [3.63, 3.8) is 0 Å². The first-order valence-corrected chi connectivity index (χ1v) is 7.03. The van der Waals surface area contributed by atoms with E-state index in [2.05, 4.69) is 5.32 Å². The maximum atomic E-state index is 12.3. The molecule has 0 spiro atoms. The number of amides is 1. The largest absolute Gasteiger partial charge is 0.497 e. The minimum absolute atomic E-state index is 0.135. The average molecular weight is 301 g/mol. The fourth-order valence-electron chi connectivity index (χ4n) is 2.19. The van der Waals surface area contributed by atoms with E-state index in [1.54, 1.807) is 44.4 Å². The first-order valence-electron chi connectivity index (χ1n) is 7.03. The second-order valence-electron chi connectivity index (χ2n) is 5.16. The molecule has 0 aliphatic heterocycles. The lowest BCUT2D eigenvalue weighted by atomic mass is 10.1. The fourth-order valence-corrected chi connectivity index (χ4v) is 2.19. The van der Waals surface area contributed by atoms with Crippen molar-refractivity contribution < 1.29 is 18.7 Å². The first kappa shape index (κ1) is 15.8. The van der Waals surface area contributed by atoms with E-state index in [9.17, 15) is 9.59 Å². The summed E-state index contributed by atoms with van der Waals surface area (Å²) in [6.07, 6.45) is 1.64. The van der Waals surface area contributed by atoms with Crippen LogP contribution in [-0.4, -0.2) is 24.8 Å². The summed E-state index contributed by atoms with van der Waals surface area (Å²) in [7, 11) is 1.58. The van der Waals surface area contributed by atoms with Gasteiger partial charge in [-0.15, -0.1) is 0 Å². The Kier molecular flexibility index (Phi) is 4.99. The third kappa shape index (κ3) is 3.75. The van der Waals surface area contributed by atoms with E-state index >= 15 is 0 Å². The molecule has 0 saturated carbocycles. The van der Waals surface area contributed by atoms with Crippen molar-refractivity contribution in [2.24, 2.45) is 0 Å². The summed E-state index contributed by atoms with van der Waals surface area (Å²) in [6, 6.07) is 8.24. The molecule has 0 fully saturated rings. The minimum atomic E-state index is -0.286. The summed E-state index contributed by atoms with van der Waals surface area (Å²) >= 11 is 0. The Balaban J connectivity index is 1.98. The lowest BCUT2D eigenvalue weighted by Gasteiger charge is -2.14. The van der Waals surface area contributed by atoms with Crippen LogP contribution in [0, 0.1) is 6.92 Å². The maximum absolute atomic E-state index is 12.3. The Morgan fingerprint density at radius 1 is 1.32 bits per heavy atom. The number of furan rings is 1. The molecule has 0 aliphatic carbocycles. The summed E-state index contributed by atoms with van der Waals surface area (Å²) in [6.45, 7) is 3.63. The zero-order valence-corrected chi connectivity index (χ0v) is 12.9. The summed E-state index contributed by atoms with van der Waals surface area (Å²) in [4.78, 5) is 24.2. The van der Waals surface area contributed by atoms with E-state index in [1.165, 1.54) is 6.26 Å². The molecule has 5 nitrogen and oxygen atoms in total. The van der Waals surface area contributed by atoms with Gasteiger partial charge >= 0.3 is 0 Å². The maximum Gasteiger partial charge on any atom is 0.251 e. The number of hydrogen-bond donors (Lipinski definition) is 1. The zero-order valence-electron chi connectivity index (χ0n) is 12.9. The molecule has 1 heterocycles. The van der Waals surface area contributed by atoms with E-state index in [-0.39, 0.29) is 24.2 Å². The van der Waals surface area contributed by atoms with Crippen LogP contribution in [0.15, 0.2) is 41.0 Å². The van der Waals surface area contributed by atoms with Gasteiger partial charge in [-0.2, -0.15) is 0 Å². The Morgan fingerprint density at radius 2 is 2.09 bits per heavy atom. The van der Waals surface area contributed by atoms with Crippen LogP contribution in [0.4, 0.5) is 0 Å². The number of carbonyl (C=O) groups excluding carboxylic acids is 2. The molecule has 22 heavy (non-hydrogen) atoms. The SMILES string of the molecule is COc1ccc(C(=O)NC(C)CC(=O)c2ccco2)c(C)c1. The van der Waals surface area contributed by atoms with Crippen LogP contribution in [0.1, 0.15) is 39.8 Å². The Labute approximate surface area is 129 Å². The quantitative estimate of drug-likeness (QED) is 0.833. The Morgan fingerprint density at radius 3 is 2.68 bits per heavy atom. The van der Waals surface area contributed by atoms with Crippen molar-refractivity contribution in [1.29, 1.82) is 0 Å². The van der Waals surface area contributed by atoms with E-state index in [4.69, 9.17) is 9.15 Å². The van der Waals surface area contributed by atoms with Gasteiger partial charge in [0.15, 0.2) is 11.5 Å². The molecule has 1 unspecified atom stereocenters. The number of Topliss-reactive ketones (excluding diaryl/α,β-unsaturated/α-hetero) is 1. The molecule has 1 aromatic carbocycles. The molecular formula is C17H19NO4. The minimum Gasteiger partial charge on any atom is -0.497 e. The molecule has 1 amide bonds. The van der Waals surface area contributed by atoms with Crippen molar-refractivity contribution in [1.82, 2.24) is 5.32 Å². The number of ether oxygens (including phenoxy) is 1. The third-order valence-electron chi connectivity index (χ3n) is 3.34. The highest BCUT2D eigenvalue weighted by molar-refractivity contribution is 5.97. The Bertz CT molecular complexity index is 661. The van der Waals surface area contributed by atoms with Crippen molar-refractivity contribution in [3.8, 4) is 5.75 Å². The van der Waals surface area contributed by atoms with Crippen molar-refractivity contribution in [2.45, 2.75) is 26.3 Å². The van der Waals surface area contributed by atoms with Gasteiger partial charge in [0.25, 0.3) is 5.91 Å². The molecule has 2 rings (SSSR count). The standard InChI is InChI=1S/C17H19NO4/c1-11-9-13(21-3)6-7-14(11)17(20)18-12(2)10-15(19)16-5-4-8-22-16/h4-9,12H,10H2,1-3H3,(H,18,20). The number of aryl methyl sites for hydroxylation is 1. The van der Waals surface area contributed by atoms with Crippen LogP contribution in [0.5, 0.6) is 5.75 Å². The first-order chi connectivity index (χ1) is 10.5. The number of benzene rings is 1. The van der Waals surface area contributed by atoms with Gasteiger partial charge in [0.2, 0.25) is 0 Å². The topological polar surface area (TPSA) is 68.5 Å². The van der Waals surface area contributed by atoms with Gasteiger partial charge in [0.05, 0.1) is 13.4 Å². The zero-order chi connectivity index (χ0) is 16.1. The molecule has 0 aliphatic rings. The van der Waals surface area contributed by atoms with Gasteiger partial charge in [-0.25, -0.2) is 0 Å². The highest BCUT2D eigenvalue weighted by Gasteiger charge is 2.17. The third-order valence-corrected chi connectivity index (χ3v) is 3.34. The van der Waals surface area contributed by atoms with Gasteiger partial charge in [0.1, 0.15) is 5.75 Å². The van der Waals surface area contributed by atoms with Crippen LogP contribution >= 0.6 is 0 Å². The molecule has 0 radical (unpaired) electrons. The molecule has 1 N–H and O–H groups in total. The molecule has 2 aromatic rings. The van der Waals surface area contributed by atoms with Gasteiger partial charge in [-0.3, -0.25) is 9.59 Å². The summed E-state index contributed by atoms with van der Waals surface area (Å²) < 4.78 is 10.2. The second kappa shape index (κ2) is 6.93. The van der Waals surface area contributed by atoms with Crippen molar-refractivity contribution in [3.05, 3.63) is 53.5 Å². The highest BCUT2D eigenvalue weighted by atomic mass is 16.5. The average Bonchev–Trinajstić information content (AvgIpc) is 3.00. The fraction of sp³-hybridized carbons (Fsp3) is 0.294. The predicted octanol–water partition coefficient (Wildman–Crippen LogP) is 2.99. The number of rotatable bonds is 6. The highest BCUT2D eigenvalue weighted by Crippen LogP contribution is 2.17.